The third kappa shape index (κ3) is 4.60. The molecule has 6 heterocycles. The van der Waals surface area contributed by atoms with Gasteiger partial charge in [-0.2, -0.15) is 0 Å². The Morgan fingerprint density at radius 3 is 1.71 bits per heavy atom. The molecule has 2 aliphatic rings. The summed E-state index contributed by atoms with van der Waals surface area (Å²) in [7, 11) is 0. The van der Waals surface area contributed by atoms with Gasteiger partial charge in [0.25, 0.3) is 0 Å². The van der Waals surface area contributed by atoms with Gasteiger partial charge in [-0.15, -0.1) is 34.0 Å². The number of rotatable bonds is 1. The number of hydrogen-bond acceptors (Lipinski definition) is 4. The van der Waals surface area contributed by atoms with Crippen molar-refractivity contribution in [2.75, 3.05) is 4.81 Å². The Labute approximate surface area is 372 Å². The molecule has 2 nitrogen and oxygen atoms in total. The summed E-state index contributed by atoms with van der Waals surface area (Å²) in [6.45, 7) is 13.9. The first kappa shape index (κ1) is 35.7. The van der Waals surface area contributed by atoms with Gasteiger partial charge in [0.05, 0.1) is 11.0 Å². The standard InChI is InChI=1S/C56H41BN2S3/c1-55(2,3)30-19-22-32(23-20-30)59-42-28-47-36(33-13-7-10-16-44(33)60-47)26-39(42)51-52-53-49(50-35-15-9-12-18-46(35)62-54(50)51)38-25-31(56(4,5)6)21-24-41(38)58(53)43-29-48-37(27-40(43)57(52)59)34-14-8-11-17-45(34)61-48/h7-29H,1-6H3. The van der Waals surface area contributed by atoms with E-state index in [0.29, 0.717) is 0 Å². The van der Waals surface area contributed by atoms with E-state index in [1.807, 2.05) is 34.0 Å². The minimum absolute atomic E-state index is 0.000149. The number of hydrogen-bond donors (Lipinski definition) is 0. The fourth-order valence-corrected chi connectivity index (χ4v) is 14.6. The number of aromatic nitrogens is 1. The van der Waals surface area contributed by atoms with E-state index in [9.17, 15) is 0 Å². The highest BCUT2D eigenvalue weighted by Crippen LogP contribution is 2.54. The summed E-state index contributed by atoms with van der Waals surface area (Å²) in [5.74, 6) is 0. The van der Waals surface area contributed by atoms with Gasteiger partial charge in [-0.1, -0.05) is 120 Å². The molecule has 14 rings (SSSR count). The van der Waals surface area contributed by atoms with Crippen LogP contribution in [0.15, 0.2) is 140 Å². The van der Waals surface area contributed by atoms with Crippen molar-refractivity contribution < 1.29 is 0 Å². The quantitative estimate of drug-likeness (QED) is 0.149. The lowest BCUT2D eigenvalue weighted by molar-refractivity contribution is 0.590. The Morgan fingerprint density at radius 1 is 0.468 bits per heavy atom. The third-order valence-corrected chi connectivity index (χ3v) is 17.5. The fraction of sp³-hybridized carbons (Fsp3) is 0.143. The molecule has 2 aliphatic heterocycles. The van der Waals surface area contributed by atoms with Crippen LogP contribution in [-0.2, 0) is 10.8 Å². The van der Waals surface area contributed by atoms with Crippen LogP contribution in [0, 0.1) is 0 Å². The van der Waals surface area contributed by atoms with Gasteiger partial charge in [0, 0.05) is 99.5 Å². The van der Waals surface area contributed by atoms with Crippen LogP contribution in [0.2, 0.25) is 0 Å². The summed E-state index contributed by atoms with van der Waals surface area (Å²) in [6.07, 6.45) is 0. The molecule has 62 heavy (non-hydrogen) atoms. The largest absolute Gasteiger partial charge is 0.376 e. The lowest BCUT2D eigenvalue weighted by atomic mass is 9.43. The predicted molar refractivity (Wildman–Crippen MR) is 276 cm³/mol. The minimum atomic E-state index is -0.0705. The van der Waals surface area contributed by atoms with Crippen LogP contribution in [0.5, 0.6) is 0 Å². The second-order valence-electron chi connectivity index (χ2n) is 19.7. The normalized spacial score (nSPS) is 13.9. The third-order valence-electron chi connectivity index (χ3n) is 14.1. The van der Waals surface area contributed by atoms with Gasteiger partial charge in [0.2, 0.25) is 0 Å². The number of anilines is 2. The van der Waals surface area contributed by atoms with Crippen LogP contribution >= 0.6 is 34.0 Å². The van der Waals surface area contributed by atoms with Crippen molar-refractivity contribution in [3.8, 4) is 16.8 Å². The summed E-state index contributed by atoms with van der Waals surface area (Å²) in [4.78, 5) is 2.73. The molecule has 12 aromatic rings. The SMILES string of the molecule is CC(C)(C)c1ccc(N2B3c4cc5c(cc4-n4c6ccc(C(C)(C)C)cc6c6c7c(sc8ccccc87)c(c3c64)-c3cc4c(cc32)sc2ccccc24)sc2ccccc25)cc1. The van der Waals surface area contributed by atoms with E-state index < -0.39 is 0 Å². The molecule has 0 bridgehead atoms. The maximum atomic E-state index is 2.73. The molecule has 0 spiro atoms. The van der Waals surface area contributed by atoms with Crippen LogP contribution in [0.1, 0.15) is 52.7 Å². The van der Waals surface area contributed by atoms with E-state index >= 15 is 0 Å². The lowest BCUT2D eigenvalue weighted by Crippen LogP contribution is -2.60. The molecule has 0 atom stereocenters. The summed E-state index contributed by atoms with van der Waals surface area (Å²) in [5, 5.41) is 10.8. The molecule has 6 heteroatoms. The summed E-state index contributed by atoms with van der Waals surface area (Å²) < 4.78 is 10.8. The Morgan fingerprint density at radius 2 is 1.05 bits per heavy atom. The van der Waals surface area contributed by atoms with E-state index in [2.05, 4.69) is 190 Å². The van der Waals surface area contributed by atoms with Gasteiger partial charge in [0.1, 0.15) is 0 Å². The average Bonchev–Trinajstić information content (AvgIpc) is 4.02. The maximum Gasteiger partial charge on any atom is 0.333 e. The first-order valence-electron chi connectivity index (χ1n) is 21.8. The molecule has 0 fully saturated rings. The second kappa shape index (κ2) is 12.0. The predicted octanol–water partition coefficient (Wildman–Crippen LogP) is 15.7. The monoisotopic (exact) mass is 848 g/mol. The maximum absolute atomic E-state index is 2.73. The highest BCUT2D eigenvalue weighted by Gasteiger charge is 2.46. The van der Waals surface area contributed by atoms with E-state index in [-0.39, 0.29) is 17.7 Å². The topological polar surface area (TPSA) is 8.17 Å². The van der Waals surface area contributed by atoms with Crippen molar-refractivity contribution in [1.82, 2.24) is 4.57 Å². The molecule has 0 saturated heterocycles. The minimum Gasteiger partial charge on any atom is -0.376 e. The van der Waals surface area contributed by atoms with Crippen molar-refractivity contribution in [3.05, 3.63) is 151 Å². The lowest BCUT2D eigenvalue weighted by Gasteiger charge is -2.42. The molecule has 4 aromatic heterocycles. The molecule has 0 N–H and O–H groups in total. The van der Waals surface area contributed by atoms with Crippen LogP contribution < -0.4 is 15.7 Å². The van der Waals surface area contributed by atoms with Crippen molar-refractivity contribution >= 4 is 145 Å². The summed E-state index contributed by atoms with van der Waals surface area (Å²) in [5.41, 5.74) is 14.7. The highest BCUT2D eigenvalue weighted by atomic mass is 32.1. The van der Waals surface area contributed by atoms with Gasteiger partial charge in [-0.05, 0) is 93.5 Å². The summed E-state index contributed by atoms with van der Waals surface area (Å²) >= 11 is 5.82. The zero-order chi connectivity index (χ0) is 41.6. The Kier molecular flexibility index (Phi) is 6.88. The molecule has 0 radical (unpaired) electrons. The van der Waals surface area contributed by atoms with Crippen LogP contribution in [-0.4, -0.2) is 11.4 Å². The van der Waals surface area contributed by atoms with Crippen molar-refractivity contribution in [1.29, 1.82) is 0 Å². The number of thiophene rings is 3. The Balaban J connectivity index is 1.24. The van der Waals surface area contributed by atoms with E-state index in [0.717, 1.165) is 0 Å². The van der Waals surface area contributed by atoms with Crippen molar-refractivity contribution in [3.63, 3.8) is 0 Å². The van der Waals surface area contributed by atoms with Crippen molar-refractivity contribution in [2.45, 2.75) is 52.4 Å². The van der Waals surface area contributed by atoms with Crippen LogP contribution in [0.25, 0.3) is 99.1 Å². The molecule has 296 valence electrons. The molecular weight excluding hydrogens is 808 g/mol. The molecule has 0 aliphatic carbocycles. The fourth-order valence-electron chi connectivity index (χ4n) is 11.1. The molecule has 8 aromatic carbocycles. The van der Waals surface area contributed by atoms with E-state index in [4.69, 9.17) is 0 Å². The number of benzene rings is 8. The van der Waals surface area contributed by atoms with Gasteiger partial charge < -0.3 is 9.38 Å². The first-order valence-corrected chi connectivity index (χ1v) is 24.2. The van der Waals surface area contributed by atoms with E-state index in [1.165, 1.54) is 133 Å². The smallest absolute Gasteiger partial charge is 0.333 e. The zero-order valence-corrected chi connectivity index (χ0v) is 37.9. The molecule has 0 saturated carbocycles. The van der Waals surface area contributed by atoms with Gasteiger partial charge in [-0.3, -0.25) is 0 Å². The highest BCUT2D eigenvalue weighted by molar-refractivity contribution is 7.27. The zero-order valence-electron chi connectivity index (χ0n) is 35.5. The summed E-state index contributed by atoms with van der Waals surface area (Å²) in [6, 6.07) is 54.3. The van der Waals surface area contributed by atoms with Crippen LogP contribution in [0.4, 0.5) is 11.4 Å². The van der Waals surface area contributed by atoms with Crippen LogP contribution in [0.3, 0.4) is 0 Å². The van der Waals surface area contributed by atoms with Gasteiger partial charge >= 0.3 is 6.85 Å². The van der Waals surface area contributed by atoms with E-state index in [1.54, 1.807) is 0 Å². The molecular formula is C56H41BN2S3. The van der Waals surface area contributed by atoms with Crippen molar-refractivity contribution in [2.24, 2.45) is 0 Å². The Bertz CT molecular complexity index is 3960. The number of fused-ring (bicyclic) bond motifs is 19. The average molecular weight is 849 g/mol. The first-order chi connectivity index (χ1) is 30.0. The number of nitrogens with zero attached hydrogens (tertiary/aromatic N) is 2. The van der Waals surface area contributed by atoms with Gasteiger partial charge in [0.15, 0.2) is 0 Å². The molecule has 0 unspecified atom stereocenters. The Hall–Kier alpha value is -5.92. The van der Waals surface area contributed by atoms with Gasteiger partial charge in [-0.25, -0.2) is 0 Å². The second-order valence-corrected chi connectivity index (χ2v) is 22.9. The molecule has 0 amide bonds.